The van der Waals surface area contributed by atoms with Gasteiger partial charge in [-0.25, -0.2) is 0 Å². The maximum atomic E-state index is 14.2. The molecule has 42 heavy (non-hydrogen) atoms. The molecule has 6 N–H and O–H groups in total. The lowest BCUT2D eigenvalue weighted by Gasteiger charge is -2.50. The first-order valence-corrected chi connectivity index (χ1v) is 14.2. The van der Waals surface area contributed by atoms with Crippen molar-refractivity contribution in [3.05, 3.63) is 45.4 Å². The predicted molar refractivity (Wildman–Crippen MR) is 153 cm³/mol. The van der Waals surface area contributed by atoms with Gasteiger partial charge in [-0.2, -0.15) is 0 Å². The second kappa shape index (κ2) is 10.7. The smallest absolute Gasteiger partial charge is 0.255 e. The molecule has 0 radical (unpaired) electrons. The number of amides is 1. The number of hydrogen-bond acceptors (Lipinski definition) is 11. The molecule has 1 heterocycles. The van der Waals surface area contributed by atoms with E-state index in [1.807, 2.05) is 25.1 Å². The number of aliphatic hydroxyl groups is 3. The van der Waals surface area contributed by atoms with Gasteiger partial charge in [0.15, 0.2) is 11.4 Å². The van der Waals surface area contributed by atoms with E-state index < -0.39 is 58.0 Å². The third-order valence-electron chi connectivity index (χ3n) is 9.52. The summed E-state index contributed by atoms with van der Waals surface area (Å²) in [5, 5.41) is 45.8. The number of allylic oxidation sites excluding steroid dienone is 1. The van der Waals surface area contributed by atoms with Crippen LogP contribution in [0.25, 0.3) is 0 Å². The van der Waals surface area contributed by atoms with Crippen LogP contribution >= 0.6 is 0 Å². The summed E-state index contributed by atoms with van der Waals surface area (Å²) in [5.41, 5.74) is 3.72. The zero-order chi connectivity index (χ0) is 30.8. The van der Waals surface area contributed by atoms with Crippen molar-refractivity contribution in [3.8, 4) is 5.75 Å². The Morgan fingerprint density at radius 2 is 1.79 bits per heavy atom. The highest BCUT2D eigenvalue weighted by Gasteiger charge is 2.63. The normalized spacial score (nSPS) is 28.6. The molecule has 0 unspecified atom stereocenters. The highest BCUT2D eigenvalue weighted by molar-refractivity contribution is 6.24. The Morgan fingerprint density at radius 1 is 1.14 bits per heavy atom. The summed E-state index contributed by atoms with van der Waals surface area (Å²) in [5.74, 6) is -6.49. The molecule has 0 saturated carbocycles. The van der Waals surface area contributed by atoms with Gasteiger partial charge in [-0.15, -0.1) is 0 Å². The number of ketones is 2. The summed E-state index contributed by atoms with van der Waals surface area (Å²) in [4.78, 5) is 45.5. The van der Waals surface area contributed by atoms with E-state index in [4.69, 9.17) is 10.5 Å². The average Bonchev–Trinajstić information content (AvgIpc) is 2.92. The molecular weight excluding hydrogens is 544 g/mol. The number of aliphatic hydroxyl groups excluding tert-OH is 2. The van der Waals surface area contributed by atoms with Crippen molar-refractivity contribution in [2.45, 2.75) is 50.0 Å². The minimum atomic E-state index is -2.66. The fourth-order valence-electron chi connectivity index (χ4n) is 7.42. The Morgan fingerprint density at radius 3 is 2.33 bits per heavy atom. The maximum Gasteiger partial charge on any atom is 0.255 e. The number of nitrogens with zero attached hydrogens (tertiary/aromatic N) is 3. The van der Waals surface area contributed by atoms with Crippen molar-refractivity contribution in [3.63, 3.8) is 0 Å². The van der Waals surface area contributed by atoms with E-state index in [9.17, 15) is 34.8 Å². The number of Topliss-reactive ketones (excluding diaryl/α,β-unsaturated/α-hetero) is 2. The van der Waals surface area contributed by atoms with Crippen molar-refractivity contribution in [1.82, 2.24) is 9.80 Å². The lowest BCUT2D eigenvalue weighted by molar-refractivity contribution is -0.148. The second-order valence-corrected chi connectivity index (χ2v) is 12.3. The summed E-state index contributed by atoms with van der Waals surface area (Å²) < 4.78 is 5.47. The van der Waals surface area contributed by atoms with Crippen molar-refractivity contribution >= 4 is 23.2 Å². The van der Waals surface area contributed by atoms with Gasteiger partial charge < -0.3 is 35.8 Å². The molecule has 1 saturated heterocycles. The minimum absolute atomic E-state index is 0.0313. The number of likely N-dealkylation sites (N-methyl/N-ethyl adjacent to an activating group) is 1. The molecule has 1 aliphatic heterocycles. The van der Waals surface area contributed by atoms with Crippen LogP contribution in [0.4, 0.5) is 5.69 Å². The fraction of sp³-hybridized carbons (Fsp3) is 0.567. The first-order chi connectivity index (χ1) is 19.7. The van der Waals surface area contributed by atoms with Gasteiger partial charge in [0, 0.05) is 63.6 Å². The summed E-state index contributed by atoms with van der Waals surface area (Å²) in [6, 6.07) is 0.861. The summed E-state index contributed by atoms with van der Waals surface area (Å²) in [6.45, 7) is 1.93. The van der Waals surface area contributed by atoms with Crippen molar-refractivity contribution in [2.24, 2.45) is 17.6 Å². The second-order valence-electron chi connectivity index (χ2n) is 12.3. The molecule has 1 aromatic rings. The number of nitrogens with two attached hydrogens (primary N) is 1. The molecule has 12 heteroatoms. The number of methoxy groups -OCH3 is 1. The number of carbonyl (C=O) groups excluding carboxylic acids is 3. The van der Waals surface area contributed by atoms with Crippen LogP contribution in [0.2, 0.25) is 0 Å². The first kappa shape index (κ1) is 30.0. The number of rotatable bonds is 6. The molecule has 12 nitrogen and oxygen atoms in total. The fourth-order valence-corrected chi connectivity index (χ4v) is 7.42. The van der Waals surface area contributed by atoms with Crippen molar-refractivity contribution in [1.29, 1.82) is 0 Å². The Kier molecular flexibility index (Phi) is 7.63. The molecule has 3 aliphatic carbocycles. The molecule has 1 aromatic carbocycles. The van der Waals surface area contributed by atoms with Gasteiger partial charge in [0.25, 0.3) is 5.91 Å². The molecule has 0 bridgehead atoms. The Bertz CT molecular complexity index is 1410. The van der Waals surface area contributed by atoms with Crippen LogP contribution < -0.4 is 10.6 Å². The Hall–Kier alpha value is -3.45. The van der Waals surface area contributed by atoms with Crippen molar-refractivity contribution < 1.29 is 39.5 Å². The Balaban J connectivity index is 1.63. The Labute approximate surface area is 244 Å². The van der Waals surface area contributed by atoms with Crippen LogP contribution in [0.15, 0.2) is 28.7 Å². The standard InChI is InChI=1S/C30H40N4O8/c1-32(2)19-12-15(13-34-8-6-16(42-5)7-9-34)24(35)21-17(19)10-14-11-18-23(33(3)4)26(37)22(29(31)40)28(39)30(18,41)27(38)20(14)25(21)36/h12,14,16,18,23,35,37-38,41H,6-11,13H2,1-5H3,(H2,31,40)/t14-,18-,23-,30-/m0/s1. The van der Waals surface area contributed by atoms with Gasteiger partial charge in [0.2, 0.25) is 5.78 Å². The van der Waals surface area contributed by atoms with E-state index in [1.165, 1.54) is 4.90 Å². The van der Waals surface area contributed by atoms with E-state index in [2.05, 4.69) is 4.90 Å². The van der Waals surface area contributed by atoms with Crippen LogP contribution in [-0.4, -0.2) is 114 Å². The number of hydrogen-bond donors (Lipinski definition) is 5. The summed E-state index contributed by atoms with van der Waals surface area (Å²) in [6.07, 6.45) is 2.18. The molecule has 5 rings (SSSR count). The summed E-state index contributed by atoms with van der Waals surface area (Å²) >= 11 is 0. The largest absolute Gasteiger partial charge is 0.510 e. The number of phenols is 1. The van der Waals surface area contributed by atoms with Gasteiger partial charge >= 0.3 is 0 Å². The van der Waals surface area contributed by atoms with Gasteiger partial charge in [-0.1, -0.05) is 0 Å². The molecule has 228 valence electrons. The van der Waals surface area contributed by atoms with E-state index in [0.717, 1.165) is 31.6 Å². The quantitative estimate of drug-likeness (QED) is 0.299. The number of primary amides is 1. The van der Waals surface area contributed by atoms with Gasteiger partial charge in [-0.3, -0.25) is 24.2 Å². The molecular formula is C30H40N4O8. The average molecular weight is 585 g/mol. The SMILES string of the molecule is COC1CCN(Cc2cc(N(C)C)c3c(c2O)C(=O)C2=C(O)[C@]4(O)C(=O)C(C(N)=O)=C(O)[C@@H](N(C)C)[C@@H]4C[C@@H]2C3)CC1. The number of piperidine rings is 1. The van der Waals surface area contributed by atoms with Gasteiger partial charge in [0.1, 0.15) is 22.8 Å². The molecule has 1 fully saturated rings. The number of fused-ring (bicyclic) bond motifs is 3. The number of likely N-dealkylation sites (tertiary alicyclic amines) is 1. The van der Waals surface area contributed by atoms with Gasteiger partial charge in [0.05, 0.1) is 17.7 Å². The third kappa shape index (κ3) is 4.39. The maximum absolute atomic E-state index is 14.2. The zero-order valence-electron chi connectivity index (χ0n) is 24.7. The van der Waals surface area contributed by atoms with E-state index in [0.29, 0.717) is 17.7 Å². The number of phenolic OH excluding ortho intramolecular Hbond substituents is 1. The number of carbonyl (C=O) groups is 3. The number of ether oxygens (including phenoxy) is 1. The lowest BCUT2D eigenvalue weighted by atomic mass is 9.58. The number of aromatic hydroxyl groups is 1. The third-order valence-corrected chi connectivity index (χ3v) is 9.52. The number of anilines is 1. The topological polar surface area (TPSA) is 177 Å². The summed E-state index contributed by atoms with van der Waals surface area (Å²) in [7, 11) is 8.61. The van der Waals surface area contributed by atoms with Gasteiger partial charge in [-0.05, 0) is 57.3 Å². The monoisotopic (exact) mass is 584 g/mol. The van der Waals surface area contributed by atoms with Crippen LogP contribution in [0.1, 0.15) is 40.7 Å². The molecule has 0 aromatic heterocycles. The van der Waals surface area contributed by atoms with Crippen LogP contribution in [-0.2, 0) is 27.3 Å². The molecule has 1 amide bonds. The van der Waals surface area contributed by atoms with E-state index >= 15 is 0 Å². The van der Waals surface area contributed by atoms with Crippen LogP contribution in [0, 0.1) is 11.8 Å². The first-order valence-electron chi connectivity index (χ1n) is 14.2. The highest BCUT2D eigenvalue weighted by Crippen LogP contribution is 2.53. The molecule has 4 atom stereocenters. The van der Waals surface area contributed by atoms with Crippen molar-refractivity contribution in [2.75, 3.05) is 53.3 Å². The van der Waals surface area contributed by atoms with Crippen LogP contribution in [0.5, 0.6) is 5.75 Å². The molecule has 0 spiro atoms. The molecule has 4 aliphatic rings. The lowest BCUT2D eigenvalue weighted by Crippen LogP contribution is -2.63. The minimum Gasteiger partial charge on any atom is -0.510 e. The van der Waals surface area contributed by atoms with E-state index in [-0.39, 0.29) is 35.8 Å². The highest BCUT2D eigenvalue weighted by atomic mass is 16.5. The van der Waals surface area contributed by atoms with Crippen LogP contribution in [0.3, 0.4) is 0 Å². The predicted octanol–water partition coefficient (Wildman–Crippen LogP) is 0.797. The zero-order valence-corrected chi connectivity index (χ0v) is 24.7. The van der Waals surface area contributed by atoms with E-state index in [1.54, 1.807) is 21.2 Å². The number of benzene rings is 1.